The third-order valence-corrected chi connectivity index (χ3v) is 2.87. The zero-order chi connectivity index (χ0) is 14.9. The molecule has 0 atom stereocenters. The maximum Gasteiger partial charge on any atom is 0.229 e. The van der Waals surface area contributed by atoms with Crippen molar-refractivity contribution < 1.29 is 9.53 Å². The Labute approximate surface area is 124 Å². The Bertz CT molecular complexity index is 555. The van der Waals surface area contributed by atoms with Crippen LogP contribution in [0.1, 0.15) is 5.56 Å². The number of amides is 1. The molecule has 0 saturated heterocycles. The van der Waals surface area contributed by atoms with Crippen molar-refractivity contribution in [1.29, 1.82) is 0 Å². The van der Waals surface area contributed by atoms with Gasteiger partial charge in [0.05, 0.1) is 24.9 Å². The summed E-state index contributed by atoms with van der Waals surface area (Å²) in [5.41, 5.74) is 1.88. The number of methoxy groups -OCH3 is 1. The highest BCUT2D eigenvalue weighted by molar-refractivity contribution is 5.91. The predicted molar refractivity (Wildman–Crippen MR) is 83.4 cm³/mol. The highest BCUT2D eigenvalue weighted by Gasteiger charge is 2.04. The van der Waals surface area contributed by atoms with Gasteiger partial charge in [0.1, 0.15) is 5.82 Å². The van der Waals surface area contributed by atoms with Crippen LogP contribution in [0, 0.1) is 0 Å². The van der Waals surface area contributed by atoms with Gasteiger partial charge < -0.3 is 15.4 Å². The van der Waals surface area contributed by atoms with Crippen LogP contribution in [-0.2, 0) is 16.0 Å². The summed E-state index contributed by atoms with van der Waals surface area (Å²) in [5.74, 6) is 0.474. The van der Waals surface area contributed by atoms with Crippen molar-refractivity contribution in [2.75, 3.05) is 30.9 Å². The highest BCUT2D eigenvalue weighted by atomic mass is 16.5. The molecule has 1 aromatic carbocycles. The monoisotopic (exact) mass is 285 g/mol. The molecule has 1 heterocycles. The first-order valence-electron chi connectivity index (χ1n) is 6.80. The molecule has 2 rings (SSSR count). The van der Waals surface area contributed by atoms with Crippen LogP contribution in [0.25, 0.3) is 0 Å². The van der Waals surface area contributed by atoms with Crippen LogP contribution in [0.5, 0.6) is 0 Å². The molecule has 2 N–H and O–H groups in total. The van der Waals surface area contributed by atoms with Crippen LogP contribution in [-0.4, -0.2) is 31.2 Å². The Kier molecular flexibility index (Phi) is 5.72. The van der Waals surface area contributed by atoms with E-state index in [0.29, 0.717) is 18.8 Å². The summed E-state index contributed by atoms with van der Waals surface area (Å²) in [5, 5.41) is 5.95. The Hall–Kier alpha value is -2.40. The number of nitrogens with zero attached hydrogens (tertiary/aromatic N) is 1. The second kappa shape index (κ2) is 8.01. The molecule has 5 nitrogen and oxygen atoms in total. The van der Waals surface area contributed by atoms with Crippen molar-refractivity contribution in [2.45, 2.75) is 6.42 Å². The molecule has 1 aromatic heterocycles. The summed E-state index contributed by atoms with van der Waals surface area (Å²) >= 11 is 0. The van der Waals surface area contributed by atoms with Gasteiger partial charge in [0.25, 0.3) is 0 Å². The molecule has 0 bridgehead atoms. The van der Waals surface area contributed by atoms with Crippen molar-refractivity contribution in [3.8, 4) is 0 Å². The number of nitrogens with one attached hydrogen (secondary N) is 2. The number of anilines is 2. The Morgan fingerprint density at radius 2 is 2.00 bits per heavy atom. The third kappa shape index (κ3) is 5.24. The number of hydrogen-bond donors (Lipinski definition) is 2. The average molecular weight is 285 g/mol. The van der Waals surface area contributed by atoms with E-state index >= 15 is 0 Å². The van der Waals surface area contributed by atoms with Crippen molar-refractivity contribution in [3.63, 3.8) is 0 Å². The number of carbonyl (C=O) groups is 1. The first-order valence-corrected chi connectivity index (χ1v) is 6.80. The first kappa shape index (κ1) is 15.0. The zero-order valence-electron chi connectivity index (χ0n) is 12.0. The number of carbonyl (C=O) groups excluding carboxylic acids is 1. The Morgan fingerprint density at radius 1 is 1.19 bits per heavy atom. The summed E-state index contributed by atoms with van der Waals surface area (Å²) in [6.07, 6.45) is 2.03. The molecule has 0 fully saturated rings. The quantitative estimate of drug-likeness (QED) is 0.766. The van der Waals surface area contributed by atoms with Gasteiger partial charge in [-0.15, -0.1) is 0 Å². The zero-order valence-corrected chi connectivity index (χ0v) is 12.0. The average Bonchev–Trinajstić information content (AvgIpc) is 2.50. The van der Waals surface area contributed by atoms with E-state index in [1.165, 1.54) is 0 Å². The maximum absolute atomic E-state index is 11.9. The topological polar surface area (TPSA) is 63.2 Å². The lowest BCUT2D eigenvalue weighted by atomic mass is 10.1. The molecule has 0 radical (unpaired) electrons. The fourth-order valence-electron chi connectivity index (χ4n) is 1.84. The van der Waals surface area contributed by atoms with E-state index in [4.69, 9.17) is 4.74 Å². The second-order valence-corrected chi connectivity index (χ2v) is 4.56. The van der Waals surface area contributed by atoms with Gasteiger partial charge >= 0.3 is 0 Å². The van der Waals surface area contributed by atoms with Crippen LogP contribution in [0.4, 0.5) is 11.5 Å². The molecule has 5 heteroatoms. The van der Waals surface area contributed by atoms with E-state index in [1.54, 1.807) is 19.4 Å². The smallest absolute Gasteiger partial charge is 0.229 e. The molecule has 110 valence electrons. The molecule has 0 aliphatic carbocycles. The number of benzene rings is 1. The molecular weight excluding hydrogens is 266 g/mol. The summed E-state index contributed by atoms with van der Waals surface area (Å²) < 4.78 is 4.96. The van der Waals surface area contributed by atoms with Crippen LogP contribution in [0.2, 0.25) is 0 Å². The number of pyridine rings is 1. The van der Waals surface area contributed by atoms with Crippen molar-refractivity contribution in [2.24, 2.45) is 0 Å². The van der Waals surface area contributed by atoms with E-state index in [-0.39, 0.29) is 5.91 Å². The van der Waals surface area contributed by atoms with Gasteiger partial charge in [0.2, 0.25) is 5.91 Å². The molecule has 0 aliphatic heterocycles. The number of ether oxygens (including phenoxy) is 1. The summed E-state index contributed by atoms with van der Waals surface area (Å²) in [4.78, 5) is 16.1. The number of aromatic nitrogens is 1. The van der Waals surface area contributed by atoms with E-state index in [1.807, 2.05) is 36.4 Å². The normalized spacial score (nSPS) is 10.1. The molecule has 0 spiro atoms. The Morgan fingerprint density at radius 3 is 2.67 bits per heavy atom. The van der Waals surface area contributed by atoms with Crippen LogP contribution < -0.4 is 10.6 Å². The van der Waals surface area contributed by atoms with E-state index in [0.717, 1.165) is 17.8 Å². The largest absolute Gasteiger partial charge is 0.383 e. The fourth-order valence-corrected chi connectivity index (χ4v) is 1.84. The standard InChI is InChI=1S/C16H19N3O2/c1-21-10-9-17-14-7-8-15(18-12-14)19-16(20)11-13-5-3-2-4-6-13/h2-8,12,17H,9-11H2,1H3,(H,18,19,20). The predicted octanol–water partition coefficient (Wildman–Crippen LogP) is 2.32. The third-order valence-electron chi connectivity index (χ3n) is 2.87. The molecule has 0 aliphatic rings. The fraction of sp³-hybridized carbons (Fsp3) is 0.250. The van der Waals surface area contributed by atoms with Crippen LogP contribution in [0.3, 0.4) is 0 Å². The van der Waals surface area contributed by atoms with Gasteiger partial charge in [-0.3, -0.25) is 4.79 Å². The maximum atomic E-state index is 11.9. The van der Waals surface area contributed by atoms with E-state index in [2.05, 4.69) is 15.6 Å². The molecule has 0 unspecified atom stereocenters. The minimum absolute atomic E-state index is 0.0752. The minimum atomic E-state index is -0.0752. The minimum Gasteiger partial charge on any atom is -0.383 e. The molecule has 2 aromatic rings. The van der Waals surface area contributed by atoms with Crippen LogP contribution in [0.15, 0.2) is 48.7 Å². The Balaban J connectivity index is 1.83. The lowest BCUT2D eigenvalue weighted by molar-refractivity contribution is -0.115. The highest BCUT2D eigenvalue weighted by Crippen LogP contribution is 2.10. The van der Waals surface area contributed by atoms with Gasteiger partial charge in [-0.2, -0.15) is 0 Å². The second-order valence-electron chi connectivity index (χ2n) is 4.56. The molecule has 1 amide bonds. The number of rotatable bonds is 7. The van der Waals surface area contributed by atoms with Crippen molar-refractivity contribution >= 4 is 17.4 Å². The van der Waals surface area contributed by atoms with Gasteiger partial charge in [0.15, 0.2) is 0 Å². The van der Waals surface area contributed by atoms with E-state index in [9.17, 15) is 4.79 Å². The first-order chi connectivity index (χ1) is 10.3. The summed E-state index contributed by atoms with van der Waals surface area (Å²) in [7, 11) is 1.66. The SMILES string of the molecule is COCCNc1ccc(NC(=O)Cc2ccccc2)nc1. The summed E-state index contributed by atoms with van der Waals surface area (Å²) in [6, 6.07) is 13.3. The van der Waals surface area contributed by atoms with E-state index < -0.39 is 0 Å². The van der Waals surface area contributed by atoms with Gasteiger partial charge in [-0.1, -0.05) is 30.3 Å². The molecular formula is C16H19N3O2. The van der Waals surface area contributed by atoms with Gasteiger partial charge in [0, 0.05) is 13.7 Å². The lowest BCUT2D eigenvalue weighted by Crippen LogP contribution is -2.15. The molecule has 21 heavy (non-hydrogen) atoms. The van der Waals surface area contributed by atoms with Crippen molar-refractivity contribution in [3.05, 3.63) is 54.2 Å². The van der Waals surface area contributed by atoms with Gasteiger partial charge in [-0.05, 0) is 17.7 Å². The molecule has 0 saturated carbocycles. The van der Waals surface area contributed by atoms with Gasteiger partial charge in [-0.25, -0.2) is 4.98 Å². The van der Waals surface area contributed by atoms with Crippen molar-refractivity contribution in [1.82, 2.24) is 4.98 Å². The number of hydrogen-bond acceptors (Lipinski definition) is 4. The van der Waals surface area contributed by atoms with Crippen LogP contribution >= 0.6 is 0 Å². The lowest BCUT2D eigenvalue weighted by Gasteiger charge is -2.07. The summed E-state index contributed by atoms with van der Waals surface area (Å²) in [6.45, 7) is 1.35.